The van der Waals surface area contributed by atoms with Gasteiger partial charge in [0.15, 0.2) is 11.6 Å². The van der Waals surface area contributed by atoms with Crippen LogP contribution < -0.4 is 15.8 Å². The van der Waals surface area contributed by atoms with E-state index in [9.17, 15) is 9.65 Å². The first-order valence-electron chi connectivity index (χ1n) is 8.10. The van der Waals surface area contributed by atoms with E-state index in [-0.39, 0.29) is 11.3 Å². The first-order valence-corrected chi connectivity index (χ1v) is 8.10. The van der Waals surface area contributed by atoms with Crippen molar-refractivity contribution in [1.82, 2.24) is 19.9 Å². The van der Waals surface area contributed by atoms with E-state index in [1.165, 1.54) is 36.9 Å². The molecule has 4 aromatic rings. The average Bonchev–Trinajstić information content (AvgIpc) is 2.71. The van der Waals surface area contributed by atoms with Crippen LogP contribution in [0.3, 0.4) is 0 Å². The molecule has 0 atom stereocenters. The van der Waals surface area contributed by atoms with Crippen LogP contribution in [0.1, 0.15) is 5.56 Å². The summed E-state index contributed by atoms with van der Waals surface area (Å²) >= 11 is 0. The first-order chi connectivity index (χ1) is 13.6. The number of nitrogens with one attached hydrogen (secondary N) is 1. The maximum Gasteiger partial charge on any atom is 0.180 e. The van der Waals surface area contributed by atoms with Gasteiger partial charge in [-0.1, -0.05) is 6.07 Å². The number of anilines is 3. The predicted molar refractivity (Wildman–Crippen MR) is 100 cm³/mol. The van der Waals surface area contributed by atoms with Crippen molar-refractivity contribution in [2.75, 3.05) is 11.1 Å². The third-order valence-corrected chi connectivity index (χ3v) is 3.83. The fourth-order valence-corrected chi connectivity index (χ4v) is 2.54. The minimum atomic E-state index is -0.626. The minimum Gasteiger partial charge on any atom is -0.453 e. The summed E-state index contributed by atoms with van der Waals surface area (Å²) in [6.45, 7) is 0. The van der Waals surface area contributed by atoms with Crippen LogP contribution in [0.15, 0.2) is 55.1 Å². The van der Waals surface area contributed by atoms with Crippen molar-refractivity contribution < 1.29 is 9.13 Å². The van der Waals surface area contributed by atoms with Crippen molar-refractivity contribution in [3.05, 3.63) is 66.5 Å². The Balaban J connectivity index is 1.73. The van der Waals surface area contributed by atoms with Gasteiger partial charge in [0.2, 0.25) is 0 Å². The highest BCUT2D eigenvalue weighted by molar-refractivity contribution is 5.91. The van der Waals surface area contributed by atoms with Gasteiger partial charge in [0.25, 0.3) is 0 Å². The summed E-state index contributed by atoms with van der Waals surface area (Å²) in [4.78, 5) is 16.5. The molecule has 2 aromatic carbocycles. The number of fused-ring (bicyclic) bond motifs is 1. The lowest BCUT2D eigenvalue weighted by atomic mass is 10.2. The molecular formula is C19H12FN7O. The zero-order valence-electron chi connectivity index (χ0n) is 14.3. The van der Waals surface area contributed by atoms with Crippen LogP contribution in [0.5, 0.6) is 11.5 Å². The van der Waals surface area contributed by atoms with Gasteiger partial charge < -0.3 is 15.8 Å². The molecule has 0 saturated carbocycles. The van der Waals surface area contributed by atoms with E-state index in [0.717, 1.165) is 0 Å². The lowest BCUT2D eigenvalue weighted by molar-refractivity contribution is 0.441. The molecule has 0 bridgehead atoms. The van der Waals surface area contributed by atoms with E-state index in [4.69, 9.17) is 10.5 Å². The zero-order valence-corrected chi connectivity index (χ0v) is 14.3. The molecule has 0 aliphatic heterocycles. The molecule has 3 N–H and O–H groups in total. The molecular weight excluding hydrogens is 361 g/mol. The van der Waals surface area contributed by atoms with E-state index < -0.39 is 5.82 Å². The summed E-state index contributed by atoms with van der Waals surface area (Å²) in [5.74, 6) is 0.770. The third-order valence-electron chi connectivity index (χ3n) is 3.83. The molecule has 8 nitrogen and oxygen atoms in total. The Morgan fingerprint density at radius 3 is 2.75 bits per heavy atom. The van der Waals surface area contributed by atoms with Gasteiger partial charge in [-0.05, 0) is 30.3 Å². The van der Waals surface area contributed by atoms with E-state index in [2.05, 4.69) is 25.3 Å². The number of rotatable bonds is 4. The van der Waals surface area contributed by atoms with Crippen LogP contribution in [-0.2, 0) is 0 Å². The molecule has 0 aliphatic carbocycles. The highest BCUT2D eigenvalue weighted by Gasteiger charge is 2.12. The second kappa shape index (κ2) is 7.13. The van der Waals surface area contributed by atoms with Crippen LogP contribution in [0.25, 0.3) is 10.9 Å². The van der Waals surface area contributed by atoms with Gasteiger partial charge in [-0.25, -0.2) is 24.3 Å². The lowest BCUT2D eigenvalue weighted by Crippen LogP contribution is -2.00. The molecule has 0 fully saturated rings. The molecule has 4 rings (SSSR count). The van der Waals surface area contributed by atoms with Gasteiger partial charge >= 0.3 is 0 Å². The predicted octanol–water partition coefficient (Wildman–Crippen LogP) is 3.55. The molecule has 28 heavy (non-hydrogen) atoms. The Bertz CT molecular complexity index is 1210. The monoisotopic (exact) mass is 373 g/mol. The largest absolute Gasteiger partial charge is 0.453 e. The van der Waals surface area contributed by atoms with Crippen LogP contribution in [-0.4, -0.2) is 19.9 Å². The van der Waals surface area contributed by atoms with Crippen LogP contribution in [0, 0.1) is 17.1 Å². The summed E-state index contributed by atoms with van der Waals surface area (Å²) in [5.41, 5.74) is 6.28. The Kier molecular flexibility index (Phi) is 4.35. The molecule has 0 saturated heterocycles. The molecule has 0 unspecified atom stereocenters. The molecule has 0 amide bonds. The molecule has 0 aliphatic rings. The number of halogens is 1. The van der Waals surface area contributed by atoms with Gasteiger partial charge in [0.1, 0.15) is 35.6 Å². The van der Waals surface area contributed by atoms with Crippen LogP contribution in [0.4, 0.5) is 21.8 Å². The van der Waals surface area contributed by atoms with Gasteiger partial charge in [0.05, 0.1) is 23.5 Å². The number of hydrogen-bond donors (Lipinski definition) is 2. The summed E-state index contributed by atoms with van der Waals surface area (Å²) in [6.07, 6.45) is 4.30. The first kappa shape index (κ1) is 17.1. The summed E-state index contributed by atoms with van der Waals surface area (Å²) < 4.78 is 19.7. The zero-order chi connectivity index (χ0) is 19.5. The highest BCUT2D eigenvalue weighted by atomic mass is 19.1. The van der Waals surface area contributed by atoms with E-state index >= 15 is 0 Å². The molecule has 136 valence electrons. The maximum atomic E-state index is 14.1. The normalized spacial score (nSPS) is 10.4. The van der Waals surface area contributed by atoms with Crippen molar-refractivity contribution in [3.63, 3.8) is 0 Å². The van der Waals surface area contributed by atoms with Crippen molar-refractivity contribution in [2.24, 2.45) is 0 Å². The Labute approximate surface area is 158 Å². The summed E-state index contributed by atoms with van der Waals surface area (Å²) in [7, 11) is 0. The number of nitriles is 1. The highest BCUT2D eigenvalue weighted by Crippen LogP contribution is 2.31. The molecule has 0 radical (unpaired) electrons. The number of nitrogens with two attached hydrogens (primary N) is 1. The lowest BCUT2D eigenvalue weighted by Gasteiger charge is -2.11. The van der Waals surface area contributed by atoms with E-state index in [0.29, 0.717) is 34.1 Å². The smallest absolute Gasteiger partial charge is 0.180 e. The van der Waals surface area contributed by atoms with Crippen LogP contribution >= 0.6 is 0 Å². The average molecular weight is 373 g/mol. The quantitative estimate of drug-likeness (QED) is 0.557. The number of nitrogens with zero attached hydrogens (tertiary/aromatic N) is 5. The number of ether oxygens (including phenoxy) is 1. The maximum absolute atomic E-state index is 14.1. The SMILES string of the molecule is N#Cc1cccc(F)c1Oc1ccc2ncnc(Nc3cnc(N)cn3)c2c1. The van der Waals surface area contributed by atoms with Crippen molar-refractivity contribution in [1.29, 1.82) is 5.26 Å². The Hall–Kier alpha value is -4.32. The van der Waals surface area contributed by atoms with Gasteiger partial charge in [-0.2, -0.15) is 5.26 Å². The molecule has 0 spiro atoms. The van der Waals surface area contributed by atoms with Crippen molar-refractivity contribution in [2.45, 2.75) is 0 Å². The topological polar surface area (TPSA) is 123 Å². The summed E-state index contributed by atoms with van der Waals surface area (Å²) in [5, 5.41) is 12.8. The third kappa shape index (κ3) is 3.34. The van der Waals surface area contributed by atoms with Crippen molar-refractivity contribution in [3.8, 4) is 17.6 Å². The number of para-hydroxylation sites is 1. The number of nitrogen functional groups attached to an aromatic ring is 1. The standard InChI is InChI=1S/C19H12FN7O/c20-14-3-1-2-11(7-21)18(14)28-12-4-5-15-13(6-12)19(26-10-25-15)27-17-9-23-16(22)8-24-17/h1-6,8-10H,(H2,22,23)(H,24,25,26,27). The number of benzene rings is 2. The second-order valence-electron chi connectivity index (χ2n) is 5.68. The Morgan fingerprint density at radius 1 is 1.07 bits per heavy atom. The fourth-order valence-electron chi connectivity index (χ4n) is 2.54. The van der Waals surface area contributed by atoms with Crippen LogP contribution in [0.2, 0.25) is 0 Å². The van der Waals surface area contributed by atoms with Crippen molar-refractivity contribution >= 4 is 28.4 Å². The van der Waals surface area contributed by atoms with E-state index in [1.54, 1.807) is 18.2 Å². The second-order valence-corrected chi connectivity index (χ2v) is 5.68. The molecule has 2 aromatic heterocycles. The van der Waals surface area contributed by atoms with Gasteiger partial charge in [-0.15, -0.1) is 0 Å². The minimum absolute atomic E-state index is 0.0971. The molecule has 9 heteroatoms. The molecule has 2 heterocycles. The number of aromatic nitrogens is 4. The Morgan fingerprint density at radius 2 is 1.96 bits per heavy atom. The fraction of sp³-hybridized carbons (Fsp3) is 0. The van der Waals surface area contributed by atoms with Gasteiger partial charge in [0, 0.05) is 5.39 Å². The van der Waals surface area contributed by atoms with E-state index in [1.807, 2.05) is 6.07 Å². The van der Waals surface area contributed by atoms with Gasteiger partial charge in [-0.3, -0.25) is 0 Å². The number of hydrogen-bond acceptors (Lipinski definition) is 8. The summed E-state index contributed by atoms with van der Waals surface area (Å²) in [6, 6.07) is 11.1.